The van der Waals surface area contributed by atoms with E-state index in [2.05, 4.69) is 10.3 Å². The second kappa shape index (κ2) is 5.85. The maximum atomic E-state index is 12.6. The third-order valence-electron chi connectivity index (χ3n) is 3.91. The molecule has 0 bridgehead atoms. The zero-order valence-electron chi connectivity index (χ0n) is 13.2. The average Bonchev–Trinajstić information content (AvgIpc) is 2.62. The quantitative estimate of drug-likeness (QED) is 0.784. The van der Waals surface area contributed by atoms with Crippen molar-refractivity contribution in [1.82, 2.24) is 4.98 Å². The van der Waals surface area contributed by atoms with Crippen LogP contribution in [0.2, 0.25) is 0 Å². The van der Waals surface area contributed by atoms with Crippen molar-refractivity contribution in [2.24, 2.45) is 0 Å². The molecule has 0 unspecified atom stereocenters. The summed E-state index contributed by atoms with van der Waals surface area (Å²) in [5.41, 5.74) is 2.90. The number of aromatic nitrogens is 1. The molecule has 5 heteroatoms. The summed E-state index contributed by atoms with van der Waals surface area (Å²) in [5.74, 6) is 1.06. The van der Waals surface area contributed by atoms with Crippen LogP contribution < -0.4 is 14.8 Å². The summed E-state index contributed by atoms with van der Waals surface area (Å²) >= 11 is 0. The van der Waals surface area contributed by atoms with Crippen LogP contribution in [0, 0.1) is 6.92 Å². The Morgan fingerprint density at radius 3 is 2.75 bits per heavy atom. The molecule has 1 N–H and O–H groups in total. The second-order valence-electron chi connectivity index (χ2n) is 5.64. The Hall–Kier alpha value is -3.08. The molecule has 2 heterocycles. The second-order valence-corrected chi connectivity index (χ2v) is 5.64. The molecule has 120 valence electrons. The van der Waals surface area contributed by atoms with Crippen molar-refractivity contribution in [3.8, 4) is 11.5 Å². The highest BCUT2D eigenvalue weighted by atomic mass is 16.6. The SMILES string of the molecule is Cc1ccc2cccc(NC(=O)c3ccc4c(c3)OCCO4)c2n1. The fraction of sp³-hybridized carbons (Fsp3) is 0.158. The number of hydrogen-bond acceptors (Lipinski definition) is 4. The number of para-hydroxylation sites is 1. The molecule has 2 aromatic carbocycles. The number of nitrogens with one attached hydrogen (secondary N) is 1. The normalized spacial score (nSPS) is 12.9. The van der Waals surface area contributed by atoms with Gasteiger partial charge in [-0.3, -0.25) is 9.78 Å². The molecular weight excluding hydrogens is 304 g/mol. The highest BCUT2D eigenvalue weighted by molar-refractivity contribution is 6.08. The molecule has 0 saturated carbocycles. The molecule has 0 radical (unpaired) electrons. The van der Waals surface area contributed by atoms with Crippen LogP contribution in [0.15, 0.2) is 48.5 Å². The smallest absolute Gasteiger partial charge is 0.255 e. The van der Waals surface area contributed by atoms with Crippen LogP contribution in [0.25, 0.3) is 10.9 Å². The molecule has 3 aromatic rings. The van der Waals surface area contributed by atoms with E-state index < -0.39 is 0 Å². The van der Waals surface area contributed by atoms with Crippen molar-refractivity contribution in [2.75, 3.05) is 18.5 Å². The number of carbonyl (C=O) groups excluding carboxylic acids is 1. The van der Waals surface area contributed by atoms with E-state index in [0.717, 1.165) is 16.6 Å². The number of fused-ring (bicyclic) bond motifs is 2. The van der Waals surface area contributed by atoms with E-state index in [9.17, 15) is 4.79 Å². The Morgan fingerprint density at radius 2 is 1.88 bits per heavy atom. The predicted octanol–water partition coefficient (Wildman–Crippen LogP) is 3.57. The van der Waals surface area contributed by atoms with Gasteiger partial charge in [-0.1, -0.05) is 18.2 Å². The summed E-state index contributed by atoms with van der Waals surface area (Å²) in [6.07, 6.45) is 0. The van der Waals surface area contributed by atoms with Crippen molar-refractivity contribution < 1.29 is 14.3 Å². The maximum Gasteiger partial charge on any atom is 0.255 e. The Bertz CT molecular complexity index is 937. The Balaban J connectivity index is 1.66. The molecule has 4 rings (SSSR count). The lowest BCUT2D eigenvalue weighted by Crippen LogP contribution is -2.17. The lowest BCUT2D eigenvalue weighted by atomic mass is 10.1. The minimum Gasteiger partial charge on any atom is -0.486 e. The number of rotatable bonds is 2. The fourth-order valence-electron chi connectivity index (χ4n) is 2.72. The molecular formula is C19H16N2O3. The minimum atomic E-state index is -0.206. The molecule has 1 aliphatic rings. The van der Waals surface area contributed by atoms with Crippen LogP contribution in [0.5, 0.6) is 11.5 Å². The van der Waals surface area contributed by atoms with Gasteiger partial charge >= 0.3 is 0 Å². The van der Waals surface area contributed by atoms with Gasteiger partial charge in [-0.2, -0.15) is 0 Å². The molecule has 0 fully saturated rings. The van der Waals surface area contributed by atoms with E-state index in [1.54, 1.807) is 18.2 Å². The lowest BCUT2D eigenvalue weighted by molar-refractivity contribution is 0.102. The number of aryl methyl sites for hydroxylation is 1. The molecule has 0 aliphatic carbocycles. The first kappa shape index (κ1) is 14.5. The summed E-state index contributed by atoms with van der Waals surface area (Å²) < 4.78 is 11.0. The Morgan fingerprint density at radius 1 is 1.04 bits per heavy atom. The third kappa shape index (κ3) is 2.65. The standard InChI is InChI=1S/C19H16N2O3/c1-12-5-6-13-3-2-4-15(18(13)20-12)21-19(22)14-7-8-16-17(11-14)24-10-9-23-16/h2-8,11H,9-10H2,1H3,(H,21,22). The lowest BCUT2D eigenvalue weighted by Gasteiger charge is -2.18. The fourth-order valence-corrected chi connectivity index (χ4v) is 2.72. The van der Waals surface area contributed by atoms with Crippen molar-refractivity contribution in [1.29, 1.82) is 0 Å². The van der Waals surface area contributed by atoms with Gasteiger partial charge in [-0.25, -0.2) is 0 Å². The number of carbonyl (C=O) groups is 1. The maximum absolute atomic E-state index is 12.6. The summed E-state index contributed by atoms with van der Waals surface area (Å²) in [7, 11) is 0. The van der Waals surface area contributed by atoms with E-state index in [-0.39, 0.29) is 5.91 Å². The Labute approximate surface area is 139 Å². The van der Waals surface area contributed by atoms with Crippen molar-refractivity contribution >= 4 is 22.5 Å². The molecule has 5 nitrogen and oxygen atoms in total. The number of pyridine rings is 1. The number of nitrogens with zero attached hydrogens (tertiary/aromatic N) is 1. The first-order chi connectivity index (χ1) is 11.7. The van der Waals surface area contributed by atoms with Gasteiger partial charge in [-0.05, 0) is 37.3 Å². The van der Waals surface area contributed by atoms with Gasteiger partial charge in [-0.15, -0.1) is 0 Å². The number of benzene rings is 2. The summed E-state index contributed by atoms with van der Waals surface area (Å²) in [5, 5.41) is 3.92. The van der Waals surface area contributed by atoms with E-state index in [0.29, 0.717) is 36.0 Å². The van der Waals surface area contributed by atoms with Gasteiger partial charge < -0.3 is 14.8 Å². The van der Waals surface area contributed by atoms with Crippen molar-refractivity contribution in [2.45, 2.75) is 6.92 Å². The highest BCUT2D eigenvalue weighted by Crippen LogP contribution is 2.31. The van der Waals surface area contributed by atoms with Crippen LogP contribution >= 0.6 is 0 Å². The summed E-state index contributed by atoms with van der Waals surface area (Å²) in [6.45, 7) is 2.95. The third-order valence-corrected chi connectivity index (χ3v) is 3.91. The Kier molecular flexibility index (Phi) is 3.54. The van der Waals surface area contributed by atoms with Gasteiger partial charge in [0.1, 0.15) is 13.2 Å². The van der Waals surface area contributed by atoms with Crippen molar-refractivity contribution in [3.05, 3.63) is 59.8 Å². The number of amides is 1. The van der Waals surface area contributed by atoms with Crippen LogP contribution in [-0.4, -0.2) is 24.1 Å². The monoisotopic (exact) mass is 320 g/mol. The molecule has 1 aliphatic heterocycles. The predicted molar refractivity (Wildman–Crippen MR) is 91.9 cm³/mol. The van der Waals surface area contributed by atoms with Crippen LogP contribution in [0.4, 0.5) is 5.69 Å². The summed E-state index contributed by atoms with van der Waals surface area (Å²) in [4.78, 5) is 17.1. The van der Waals surface area contributed by atoms with E-state index in [1.165, 1.54) is 0 Å². The van der Waals surface area contributed by atoms with Gasteiger partial charge in [0.25, 0.3) is 5.91 Å². The molecule has 0 atom stereocenters. The zero-order valence-corrected chi connectivity index (χ0v) is 13.2. The molecule has 1 aromatic heterocycles. The number of hydrogen-bond donors (Lipinski definition) is 1. The molecule has 0 saturated heterocycles. The first-order valence-corrected chi connectivity index (χ1v) is 7.78. The largest absolute Gasteiger partial charge is 0.486 e. The number of anilines is 1. The minimum absolute atomic E-state index is 0.206. The zero-order chi connectivity index (χ0) is 16.5. The van der Waals surface area contributed by atoms with Crippen LogP contribution in [0.3, 0.4) is 0 Å². The van der Waals surface area contributed by atoms with E-state index in [1.807, 2.05) is 37.3 Å². The number of ether oxygens (including phenoxy) is 2. The van der Waals surface area contributed by atoms with E-state index >= 15 is 0 Å². The first-order valence-electron chi connectivity index (χ1n) is 7.78. The van der Waals surface area contributed by atoms with Crippen LogP contribution in [0.1, 0.15) is 16.1 Å². The van der Waals surface area contributed by atoms with Gasteiger partial charge in [0.2, 0.25) is 0 Å². The van der Waals surface area contributed by atoms with Crippen LogP contribution in [-0.2, 0) is 0 Å². The average molecular weight is 320 g/mol. The molecule has 1 amide bonds. The highest BCUT2D eigenvalue weighted by Gasteiger charge is 2.15. The summed E-state index contributed by atoms with van der Waals surface area (Å²) in [6, 6.07) is 14.9. The van der Waals surface area contributed by atoms with Crippen molar-refractivity contribution in [3.63, 3.8) is 0 Å². The van der Waals surface area contributed by atoms with E-state index in [4.69, 9.17) is 9.47 Å². The molecule has 24 heavy (non-hydrogen) atoms. The van der Waals surface area contributed by atoms with Gasteiger partial charge in [0.15, 0.2) is 11.5 Å². The topological polar surface area (TPSA) is 60.5 Å². The van der Waals surface area contributed by atoms with Gasteiger partial charge in [0, 0.05) is 16.6 Å². The molecule has 0 spiro atoms. The van der Waals surface area contributed by atoms with Gasteiger partial charge in [0.05, 0.1) is 11.2 Å².